The quantitative estimate of drug-likeness (QED) is 0.358. The normalized spacial score (nSPS) is 11.5. The first-order valence-electron chi connectivity index (χ1n) is 3.69. The predicted octanol–water partition coefficient (Wildman–Crippen LogP) is 2.81. The molecule has 0 aliphatic carbocycles. The molecule has 0 atom stereocenters. The number of aldehydes is 1. The zero-order chi connectivity index (χ0) is 9.72. The fourth-order valence-electron chi connectivity index (χ4n) is 0.543. The van der Waals surface area contributed by atoms with Crippen LogP contribution in [0.25, 0.3) is 0 Å². The van der Waals surface area contributed by atoms with Crippen LogP contribution in [0, 0.1) is 5.92 Å². The Labute approximate surface area is 72.3 Å². The van der Waals surface area contributed by atoms with Gasteiger partial charge in [-0.15, -0.1) is 0 Å². The molecule has 0 aromatic carbocycles. The third-order valence-electron chi connectivity index (χ3n) is 1.52. The van der Waals surface area contributed by atoms with E-state index in [0.717, 1.165) is 5.57 Å². The lowest BCUT2D eigenvalue weighted by atomic mass is 10.0. The topological polar surface area (TPSA) is 17.1 Å². The van der Waals surface area contributed by atoms with Crippen LogP contribution in [0.1, 0.15) is 13.8 Å². The number of hydrogen-bond donors (Lipinski definition) is 0. The monoisotopic (exact) mass is 168 g/mol. The standard InChI is InChI=1S/C10H13FO/c1-7(2)8(3)5-10(6-12)9(4)11/h5-7H,3-4H2,1-2H3/b10-5-. The van der Waals surface area contributed by atoms with Gasteiger partial charge in [-0.2, -0.15) is 0 Å². The van der Waals surface area contributed by atoms with E-state index in [2.05, 4.69) is 13.2 Å². The van der Waals surface area contributed by atoms with Gasteiger partial charge in [0, 0.05) is 5.57 Å². The van der Waals surface area contributed by atoms with Gasteiger partial charge in [-0.3, -0.25) is 4.79 Å². The Morgan fingerprint density at radius 1 is 1.42 bits per heavy atom. The summed E-state index contributed by atoms with van der Waals surface area (Å²) in [7, 11) is 0. The Hall–Kier alpha value is -1.18. The van der Waals surface area contributed by atoms with Gasteiger partial charge in [-0.25, -0.2) is 4.39 Å². The lowest BCUT2D eigenvalue weighted by molar-refractivity contribution is -0.104. The molecular formula is C10H13FO. The minimum atomic E-state index is -0.716. The summed E-state index contributed by atoms with van der Waals surface area (Å²) in [4.78, 5) is 10.3. The maximum absolute atomic E-state index is 12.5. The van der Waals surface area contributed by atoms with Crippen LogP contribution in [0.3, 0.4) is 0 Å². The van der Waals surface area contributed by atoms with Gasteiger partial charge in [-0.1, -0.05) is 32.6 Å². The zero-order valence-electron chi connectivity index (χ0n) is 7.43. The second kappa shape index (κ2) is 4.65. The van der Waals surface area contributed by atoms with Crippen LogP contribution in [0.5, 0.6) is 0 Å². The van der Waals surface area contributed by atoms with Crippen molar-refractivity contribution in [2.45, 2.75) is 13.8 Å². The Kier molecular flexibility index (Phi) is 4.19. The van der Waals surface area contributed by atoms with Crippen molar-refractivity contribution in [2.24, 2.45) is 5.92 Å². The number of hydrogen-bond acceptors (Lipinski definition) is 1. The van der Waals surface area contributed by atoms with Crippen molar-refractivity contribution in [3.05, 3.63) is 36.2 Å². The summed E-state index contributed by atoms with van der Waals surface area (Å²) < 4.78 is 12.5. The minimum Gasteiger partial charge on any atom is -0.298 e. The van der Waals surface area contributed by atoms with Gasteiger partial charge >= 0.3 is 0 Å². The van der Waals surface area contributed by atoms with Crippen LogP contribution < -0.4 is 0 Å². The second-order valence-electron chi connectivity index (χ2n) is 2.85. The second-order valence-corrected chi connectivity index (χ2v) is 2.85. The van der Waals surface area contributed by atoms with Crippen LogP contribution in [0.15, 0.2) is 36.2 Å². The molecule has 0 spiro atoms. The average molecular weight is 168 g/mol. The molecule has 0 aromatic heterocycles. The molecule has 0 radical (unpaired) electrons. The first-order valence-corrected chi connectivity index (χ1v) is 3.69. The number of carbonyl (C=O) groups excluding carboxylic acids is 1. The third kappa shape index (κ3) is 3.28. The van der Waals surface area contributed by atoms with E-state index in [4.69, 9.17) is 0 Å². The van der Waals surface area contributed by atoms with Gasteiger partial charge in [-0.05, 0) is 12.0 Å². The van der Waals surface area contributed by atoms with E-state index < -0.39 is 5.83 Å². The highest BCUT2D eigenvalue weighted by Gasteiger charge is 2.02. The van der Waals surface area contributed by atoms with Crippen molar-refractivity contribution in [1.82, 2.24) is 0 Å². The van der Waals surface area contributed by atoms with Gasteiger partial charge in [0.2, 0.25) is 0 Å². The molecule has 2 heteroatoms. The highest BCUT2D eigenvalue weighted by atomic mass is 19.1. The zero-order valence-corrected chi connectivity index (χ0v) is 7.43. The van der Waals surface area contributed by atoms with Crippen LogP contribution >= 0.6 is 0 Å². The summed E-state index contributed by atoms with van der Waals surface area (Å²) in [5.74, 6) is -0.508. The lowest BCUT2D eigenvalue weighted by Gasteiger charge is -2.03. The Bertz CT molecular complexity index is 236. The van der Waals surface area contributed by atoms with Crippen molar-refractivity contribution in [3.8, 4) is 0 Å². The van der Waals surface area contributed by atoms with Crippen LogP contribution in [0.4, 0.5) is 4.39 Å². The molecule has 0 saturated carbocycles. The summed E-state index contributed by atoms with van der Waals surface area (Å²) in [5, 5.41) is 0. The molecule has 0 saturated heterocycles. The summed E-state index contributed by atoms with van der Waals surface area (Å²) in [6, 6.07) is 0. The highest BCUT2D eigenvalue weighted by molar-refractivity contribution is 5.79. The van der Waals surface area contributed by atoms with Gasteiger partial charge < -0.3 is 0 Å². The summed E-state index contributed by atoms with van der Waals surface area (Å²) in [6.07, 6.45) is 1.86. The largest absolute Gasteiger partial charge is 0.298 e. The first-order chi connectivity index (χ1) is 5.49. The van der Waals surface area contributed by atoms with E-state index in [1.807, 2.05) is 13.8 Å². The third-order valence-corrected chi connectivity index (χ3v) is 1.52. The number of halogens is 1. The molecule has 0 aliphatic rings. The molecule has 12 heavy (non-hydrogen) atoms. The van der Waals surface area contributed by atoms with E-state index in [1.165, 1.54) is 6.08 Å². The molecule has 0 rings (SSSR count). The van der Waals surface area contributed by atoms with Gasteiger partial charge in [0.05, 0.1) is 0 Å². The molecule has 0 fully saturated rings. The summed E-state index contributed by atoms with van der Waals surface area (Å²) >= 11 is 0. The molecular weight excluding hydrogens is 155 g/mol. The molecule has 0 unspecified atom stereocenters. The number of carbonyl (C=O) groups is 1. The highest BCUT2D eigenvalue weighted by Crippen LogP contribution is 2.14. The minimum absolute atomic E-state index is 0.0336. The van der Waals surface area contributed by atoms with E-state index in [-0.39, 0.29) is 11.5 Å². The molecule has 0 aromatic rings. The molecule has 1 nitrogen and oxygen atoms in total. The first kappa shape index (κ1) is 10.8. The van der Waals surface area contributed by atoms with Crippen molar-refractivity contribution in [1.29, 1.82) is 0 Å². The maximum Gasteiger partial charge on any atom is 0.152 e. The predicted molar refractivity (Wildman–Crippen MR) is 48.4 cm³/mol. The van der Waals surface area contributed by atoms with Crippen molar-refractivity contribution >= 4 is 6.29 Å². The summed E-state index contributed by atoms with van der Waals surface area (Å²) in [6.45, 7) is 10.6. The Morgan fingerprint density at radius 3 is 2.17 bits per heavy atom. The van der Waals surface area contributed by atoms with Gasteiger partial charge in [0.1, 0.15) is 5.83 Å². The Balaban J connectivity index is 4.61. The molecule has 0 amide bonds. The molecule has 0 aliphatic heterocycles. The fourth-order valence-corrected chi connectivity index (χ4v) is 0.543. The average Bonchev–Trinajstić information content (AvgIpc) is 1.98. The van der Waals surface area contributed by atoms with Crippen LogP contribution in [-0.4, -0.2) is 6.29 Å². The number of rotatable bonds is 4. The van der Waals surface area contributed by atoms with Crippen LogP contribution in [0.2, 0.25) is 0 Å². The Morgan fingerprint density at radius 2 is 1.92 bits per heavy atom. The van der Waals surface area contributed by atoms with Crippen molar-refractivity contribution in [3.63, 3.8) is 0 Å². The fraction of sp³-hybridized carbons (Fsp3) is 0.300. The maximum atomic E-state index is 12.5. The van der Waals surface area contributed by atoms with E-state index in [1.54, 1.807) is 0 Å². The van der Waals surface area contributed by atoms with E-state index in [0.29, 0.717) is 6.29 Å². The van der Waals surface area contributed by atoms with E-state index >= 15 is 0 Å². The van der Waals surface area contributed by atoms with Gasteiger partial charge in [0.25, 0.3) is 0 Å². The van der Waals surface area contributed by atoms with E-state index in [9.17, 15) is 9.18 Å². The van der Waals surface area contributed by atoms with Crippen molar-refractivity contribution < 1.29 is 9.18 Å². The molecule has 0 N–H and O–H groups in total. The lowest BCUT2D eigenvalue weighted by Crippen LogP contribution is -1.92. The SMILES string of the molecule is C=C(F)/C(C=O)=C\C(=C)C(C)C. The van der Waals surface area contributed by atoms with Crippen molar-refractivity contribution in [2.75, 3.05) is 0 Å². The smallest absolute Gasteiger partial charge is 0.152 e. The van der Waals surface area contributed by atoms with Gasteiger partial charge in [0.15, 0.2) is 6.29 Å². The molecule has 0 bridgehead atoms. The summed E-state index contributed by atoms with van der Waals surface area (Å²) in [5.41, 5.74) is 0.685. The number of allylic oxidation sites excluding steroid dienone is 4. The molecule has 0 heterocycles. The van der Waals surface area contributed by atoms with Crippen LogP contribution in [-0.2, 0) is 4.79 Å². The molecule has 66 valence electrons.